The number of nitrogens with one attached hydrogen (secondary N) is 1. The lowest BCUT2D eigenvalue weighted by atomic mass is 10.1. The number of allylic oxidation sites excluding steroid dienone is 3. The summed E-state index contributed by atoms with van der Waals surface area (Å²) >= 11 is 6.09. The van der Waals surface area contributed by atoms with Gasteiger partial charge >= 0.3 is 0 Å². The van der Waals surface area contributed by atoms with Crippen LogP contribution in [0.15, 0.2) is 48.3 Å². The van der Waals surface area contributed by atoms with Crippen LogP contribution < -0.4 is 10.1 Å². The van der Waals surface area contributed by atoms with Gasteiger partial charge in [-0.05, 0) is 45.3 Å². The Morgan fingerprint density at radius 1 is 1.25 bits per heavy atom. The number of anilines is 1. The van der Waals surface area contributed by atoms with Gasteiger partial charge in [0.05, 0.1) is 5.38 Å². The average molecular weight is 399 g/mol. The summed E-state index contributed by atoms with van der Waals surface area (Å²) < 4.78 is 6.36. The molecule has 0 spiro atoms. The molecule has 1 aromatic heterocycles. The van der Waals surface area contributed by atoms with Crippen molar-refractivity contribution in [3.63, 3.8) is 0 Å². The quantitative estimate of drug-likeness (QED) is 0.737. The molecule has 0 radical (unpaired) electrons. The topological polar surface area (TPSA) is 50.3 Å². The molecule has 0 saturated carbocycles. The largest absolute Gasteiger partial charge is 0.488 e. The van der Waals surface area contributed by atoms with Crippen molar-refractivity contribution >= 4 is 28.5 Å². The Labute approximate surface area is 171 Å². The number of piperidine rings is 1. The van der Waals surface area contributed by atoms with Crippen LogP contribution >= 0.6 is 11.6 Å². The normalized spacial score (nSPS) is 21.1. The summed E-state index contributed by atoms with van der Waals surface area (Å²) in [5.74, 6) is 1.40. The Bertz CT molecular complexity index is 887. The zero-order chi connectivity index (χ0) is 19.5. The van der Waals surface area contributed by atoms with Crippen LogP contribution in [0.2, 0.25) is 0 Å². The lowest BCUT2D eigenvalue weighted by Gasteiger charge is -2.34. The molecule has 0 amide bonds. The summed E-state index contributed by atoms with van der Waals surface area (Å²) in [6.45, 7) is 6.66. The van der Waals surface area contributed by atoms with E-state index in [0.29, 0.717) is 12.0 Å². The molecule has 1 aliphatic carbocycles. The molecule has 0 bridgehead atoms. The van der Waals surface area contributed by atoms with Crippen molar-refractivity contribution in [3.8, 4) is 5.75 Å². The Morgan fingerprint density at radius 3 is 2.79 bits per heavy atom. The highest BCUT2D eigenvalue weighted by Gasteiger charge is 2.22. The van der Waals surface area contributed by atoms with Crippen LogP contribution in [0.25, 0.3) is 10.9 Å². The van der Waals surface area contributed by atoms with Gasteiger partial charge in [0.2, 0.25) is 5.95 Å². The number of likely N-dealkylation sites (tertiary alicyclic amines) is 1. The molecule has 1 aliphatic heterocycles. The van der Waals surface area contributed by atoms with Gasteiger partial charge in [-0.15, -0.1) is 11.6 Å². The van der Waals surface area contributed by atoms with Gasteiger partial charge < -0.3 is 15.0 Å². The van der Waals surface area contributed by atoms with Gasteiger partial charge in [-0.2, -0.15) is 0 Å². The molecule has 28 heavy (non-hydrogen) atoms. The van der Waals surface area contributed by atoms with Gasteiger partial charge in [-0.1, -0.05) is 24.3 Å². The van der Waals surface area contributed by atoms with Crippen molar-refractivity contribution in [2.24, 2.45) is 0 Å². The summed E-state index contributed by atoms with van der Waals surface area (Å²) in [7, 11) is 0. The molecule has 148 valence electrons. The number of alkyl halides is 1. The minimum Gasteiger partial charge on any atom is -0.488 e. The zero-order valence-electron chi connectivity index (χ0n) is 16.4. The Morgan fingerprint density at radius 2 is 2.07 bits per heavy atom. The maximum Gasteiger partial charge on any atom is 0.227 e. The van der Waals surface area contributed by atoms with Crippen molar-refractivity contribution in [3.05, 3.63) is 48.3 Å². The van der Waals surface area contributed by atoms with Crippen molar-refractivity contribution in [1.29, 1.82) is 0 Å². The molecule has 4 rings (SSSR count). The summed E-state index contributed by atoms with van der Waals surface area (Å²) in [5.41, 5.74) is 1.82. The van der Waals surface area contributed by atoms with E-state index in [1.807, 2.05) is 36.5 Å². The fourth-order valence-electron chi connectivity index (χ4n) is 3.69. The number of halogens is 1. The molecule has 1 unspecified atom stereocenters. The van der Waals surface area contributed by atoms with E-state index in [0.717, 1.165) is 54.7 Å². The molecule has 1 saturated heterocycles. The Kier molecular flexibility index (Phi) is 5.83. The minimum atomic E-state index is 0.0604. The molecule has 1 atom stereocenters. The number of ether oxygens (including phenoxy) is 1. The van der Waals surface area contributed by atoms with Crippen LogP contribution in [0.1, 0.15) is 33.1 Å². The molecule has 6 heteroatoms. The lowest BCUT2D eigenvalue weighted by Crippen LogP contribution is -2.41. The second-order valence-corrected chi connectivity index (χ2v) is 8.29. The molecular weight excluding hydrogens is 372 g/mol. The van der Waals surface area contributed by atoms with E-state index in [2.05, 4.69) is 35.1 Å². The van der Waals surface area contributed by atoms with Crippen LogP contribution in [-0.2, 0) is 0 Å². The fraction of sp³-hybridized carbons (Fsp3) is 0.455. The fourth-order valence-corrected chi connectivity index (χ4v) is 3.85. The van der Waals surface area contributed by atoms with E-state index >= 15 is 0 Å². The number of para-hydroxylation sites is 1. The van der Waals surface area contributed by atoms with E-state index in [-0.39, 0.29) is 11.5 Å². The molecular formula is C22H27ClN4O. The predicted molar refractivity (Wildman–Crippen MR) is 115 cm³/mol. The molecule has 2 aromatic rings. The lowest BCUT2D eigenvalue weighted by molar-refractivity contribution is 0.0852. The van der Waals surface area contributed by atoms with E-state index in [9.17, 15) is 0 Å². The first-order valence-electron chi connectivity index (χ1n) is 10.0. The van der Waals surface area contributed by atoms with E-state index in [1.54, 1.807) is 0 Å². The first-order valence-corrected chi connectivity index (χ1v) is 10.5. The number of hydrogen-bond acceptors (Lipinski definition) is 5. The molecule has 2 aliphatic rings. The second-order valence-electron chi connectivity index (χ2n) is 7.73. The first-order chi connectivity index (χ1) is 13.6. The monoisotopic (exact) mass is 398 g/mol. The van der Waals surface area contributed by atoms with E-state index in [1.165, 1.54) is 0 Å². The number of hydrogen-bond donors (Lipinski definition) is 1. The van der Waals surface area contributed by atoms with Crippen molar-refractivity contribution in [1.82, 2.24) is 14.9 Å². The highest BCUT2D eigenvalue weighted by Crippen LogP contribution is 2.28. The molecule has 5 nitrogen and oxygen atoms in total. The number of aromatic nitrogens is 2. The molecule has 1 fully saturated rings. The van der Waals surface area contributed by atoms with Crippen LogP contribution in [0.4, 0.5) is 5.95 Å². The third kappa shape index (κ3) is 4.47. The van der Waals surface area contributed by atoms with Gasteiger partial charge in [-0.25, -0.2) is 9.97 Å². The van der Waals surface area contributed by atoms with Gasteiger partial charge in [0.25, 0.3) is 0 Å². The highest BCUT2D eigenvalue weighted by molar-refractivity contribution is 6.22. The zero-order valence-corrected chi connectivity index (χ0v) is 17.2. The van der Waals surface area contributed by atoms with Crippen LogP contribution in [0, 0.1) is 0 Å². The smallest absolute Gasteiger partial charge is 0.227 e. The number of rotatable bonds is 5. The highest BCUT2D eigenvalue weighted by atomic mass is 35.5. The summed E-state index contributed by atoms with van der Waals surface area (Å²) in [6, 6.07) is 6.62. The Balaban J connectivity index is 1.50. The standard InChI is InChI=1S/C22H27ClN4O/c1-15(2)27-12-10-19(11-13-27)28-20-5-3-4-16-14-24-22(26-21(16)20)25-18-8-6-17(23)7-9-18/h3-6,8-9,14-15,17,19H,7,10-13H2,1-2H3,(H,24,25,26). The van der Waals surface area contributed by atoms with Crippen LogP contribution in [-0.4, -0.2) is 45.5 Å². The SMILES string of the molecule is CC(C)N1CCC(Oc2cccc3cnc(NC4=CCC(Cl)C=C4)nc23)CC1. The van der Waals surface area contributed by atoms with Gasteiger partial charge in [-0.3, -0.25) is 0 Å². The number of fused-ring (bicyclic) bond motifs is 1. The van der Waals surface area contributed by atoms with Gasteiger partial charge in [0.1, 0.15) is 17.4 Å². The second kappa shape index (κ2) is 8.50. The molecule has 2 heterocycles. The maximum atomic E-state index is 6.36. The predicted octanol–water partition coefficient (Wildman–Crippen LogP) is 4.74. The third-order valence-corrected chi connectivity index (χ3v) is 5.70. The average Bonchev–Trinajstić information content (AvgIpc) is 2.70. The molecule has 1 N–H and O–H groups in total. The van der Waals surface area contributed by atoms with Crippen LogP contribution in [0.5, 0.6) is 5.75 Å². The summed E-state index contributed by atoms with van der Waals surface area (Å²) in [4.78, 5) is 11.7. The maximum absolute atomic E-state index is 6.36. The molecule has 1 aromatic carbocycles. The summed E-state index contributed by atoms with van der Waals surface area (Å²) in [6.07, 6.45) is 11.0. The van der Waals surface area contributed by atoms with Crippen molar-refractivity contribution < 1.29 is 4.74 Å². The van der Waals surface area contributed by atoms with Gasteiger partial charge in [0, 0.05) is 36.4 Å². The van der Waals surface area contributed by atoms with Gasteiger partial charge in [0.15, 0.2) is 0 Å². The van der Waals surface area contributed by atoms with E-state index < -0.39 is 0 Å². The van der Waals surface area contributed by atoms with Crippen LogP contribution in [0.3, 0.4) is 0 Å². The van der Waals surface area contributed by atoms with Crippen molar-refractivity contribution in [2.75, 3.05) is 18.4 Å². The Hall–Kier alpha value is -2.11. The minimum absolute atomic E-state index is 0.0604. The third-order valence-electron chi connectivity index (χ3n) is 5.38. The first kappa shape index (κ1) is 19.2. The number of benzene rings is 1. The van der Waals surface area contributed by atoms with E-state index in [4.69, 9.17) is 21.3 Å². The summed E-state index contributed by atoms with van der Waals surface area (Å²) in [5, 5.41) is 4.32. The number of nitrogens with zero attached hydrogens (tertiary/aromatic N) is 3. The van der Waals surface area contributed by atoms with Crippen molar-refractivity contribution in [2.45, 2.75) is 50.6 Å².